The highest BCUT2D eigenvalue weighted by molar-refractivity contribution is 7.71. The molecule has 1 amide bonds. The number of amides is 1. The first-order valence-corrected chi connectivity index (χ1v) is 29.0. The number of piperidine rings is 1. The lowest BCUT2D eigenvalue weighted by atomic mass is 9.87. The van der Waals surface area contributed by atoms with Crippen molar-refractivity contribution in [3.05, 3.63) is 119 Å². The molecule has 1 saturated carbocycles. The van der Waals surface area contributed by atoms with Gasteiger partial charge in [0.25, 0.3) is 0 Å². The SMILES string of the molecule is [C-]#[N+]c1ccc2c(-c3nc(NC4CCC(C)CC4)ncc3C)c[nH]c2c1P(C)(C)=O.[C-]#[N+]c1ccc2c(-c3nc(N[C@H]4CC[C@H](C)N(C(=O)OCc5ccccc5)C4)ncc3C)c[nH]c2c1P(C)(C)=O. The first-order chi connectivity index (χ1) is 33.4. The molecule has 15 nitrogen and oxygen atoms in total. The van der Waals surface area contributed by atoms with E-state index in [-0.39, 0.29) is 24.8 Å². The zero-order chi connectivity index (χ0) is 49.9. The minimum atomic E-state index is -2.72. The summed E-state index contributed by atoms with van der Waals surface area (Å²) in [4.78, 5) is 47.1. The van der Waals surface area contributed by atoms with Crippen molar-refractivity contribution in [3.8, 4) is 22.5 Å². The number of carbonyl (C=O) groups is 1. The smallest absolute Gasteiger partial charge is 0.410 e. The Morgan fingerprint density at radius 1 is 0.714 bits per heavy atom. The van der Waals surface area contributed by atoms with Gasteiger partial charge in [0.15, 0.2) is 11.4 Å². The van der Waals surface area contributed by atoms with E-state index >= 15 is 0 Å². The zero-order valence-corrected chi connectivity index (χ0v) is 42.9. The maximum atomic E-state index is 13.1. The molecule has 70 heavy (non-hydrogen) atoms. The van der Waals surface area contributed by atoms with E-state index in [1.165, 1.54) is 12.8 Å². The summed E-state index contributed by atoms with van der Waals surface area (Å²) in [6.45, 7) is 30.8. The van der Waals surface area contributed by atoms with Gasteiger partial charge in [-0.05, 0) is 109 Å². The summed E-state index contributed by atoms with van der Waals surface area (Å²) in [7, 11) is -5.35. The second-order valence-electron chi connectivity index (χ2n) is 19.6. The van der Waals surface area contributed by atoms with Gasteiger partial charge in [0, 0.05) is 93.0 Å². The van der Waals surface area contributed by atoms with Gasteiger partial charge >= 0.3 is 6.09 Å². The third-order valence-corrected chi connectivity index (χ3v) is 16.5. The number of fused-ring (bicyclic) bond motifs is 2. The Bertz CT molecular complexity index is 3240. The predicted octanol–water partition coefficient (Wildman–Crippen LogP) is 12.1. The van der Waals surface area contributed by atoms with E-state index in [2.05, 4.69) is 47.2 Å². The first-order valence-electron chi connectivity index (χ1n) is 23.8. The van der Waals surface area contributed by atoms with Crippen molar-refractivity contribution in [1.82, 2.24) is 34.8 Å². The zero-order valence-electron chi connectivity index (χ0n) is 41.1. The third kappa shape index (κ3) is 10.8. The molecule has 0 radical (unpaired) electrons. The normalized spacial score (nSPS) is 18.3. The number of rotatable bonds is 10. The maximum Gasteiger partial charge on any atom is 0.410 e. The molecule has 4 N–H and O–H groups in total. The van der Waals surface area contributed by atoms with Crippen molar-refractivity contribution in [3.63, 3.8) is 0 Å². The maximum absolute atomic E-state index is 13.1. The van der Waals surface area contributed by atoms with Gasteiger partial charge in [-0.2, -0.15) is 0 Å². The Labute approximate surface area is 410 Å². The molecule has 0 unspecified atom stereocenters. The van der Waals surface area contributed by atoms with Crippen molar-refractivity contribution >= 4 is 76.1 Å². The van der Waals surface area contributed by atoms with E-state index in [0.29, 0.717) is 52.0 Å². The molecule has 9 rings (SSSR count). The topological polar surface area (TPSA) is 180 Å². The number of likely N-dealkylation sites (tertiary alicyclic amines) is 1. The van der Waals surface area contributed by atoms with Crippen LogP contribution in [0.5, 0.6) is 0 Å². The molecule has 2 aliphatic rings. The van der Waals surface area contributed by atoms with Crippen LogP contribution in [0, 0.1) is 32.9 Å². The molecule has 2 atom stereocenters. The van der Waals surface area contributed by atoms with Crippen LogP contribution >= 0.6 is 14.3 Å². The number of anilines is 2. The van der Waals surface area contributed by atoms with E-state index in [4.69, 9.17) is 27.8 Å². The van der Waals surface area contributed by atoms with Gasteiger partial charge in [0.2, 0.25) is 11.9 Å². The third-order valence-electron chi connectivity index (χ3n) is 13.4. The van der Waals surface area contributed by atoms with Crippen molar-refractivity contribution in [2.24, 2.45) is 5.92 Å². The first kappa shape index (κ1) is 49.6. The Morgan fingerprint density at radius 3 is 1.69 bits per heavy atom. The van der Waals surface area contributed by atoms with E-state index < -0.39 is 14.3 Å². The lowest BCUT2D eigenvalue weighted by molar-refractivity contribution is 0.0695. The quantitative estimate of drug-likeness (QED) is 0.0761. The number of ether oxygens (including phenoxy) is 1. The number of hydrogen-bond donors (Lipinski definition) is 4. The number of H-pyrrole nitrogens is 2. The number of benzene rings is 3. The van der Waals surface area contributed by atoms with Crippen LogP contribution in [0.3, 0.4) is 0 Å². The molecule has 362 valence electrons. The van der Waals surface area contributed by atoms with Crippen molar-refractivity contribution in [2.45, 2.75) is 91.0 Å². The van der Waals surface area contributed by atoms with E-state index in [0.717, 1.165) is 87.1 Å². The predicted molar refractivity (Wildman–Crippen MR) is 283 cm³/mol. The minimum Gasteiger partial charge on any atom is -0.445 e. The summed E-state index contributed by atoms with van der Waals surface area (Å²) >= 11 is 0. The molecule has 5 heterocycles. The van der Waals surface area contributed by atoms with Gasteiger partial charge in [-0.3, -0.25) is 0 Å². The lowest BCUT2D eigenvalue weighted by Gasteiger charge is -2.37. The van der Waals surface area contributed by atoms with Gasteiger partial charge in [0.1, 0.15) is 20.9 Å². The van der Waals surface area contributed by atoms with Gasteiger partial charge in [-0.25, -0.2) is 34.4 Å². The van der Waals surface area contributed by atoms with Crippen molar-refractivity contribution in [1.29, 1.82) is 0 Å². The standard InChI is InChI=1S/C30H33N6O3P.C23H28N5OP/c1-19-15-33-29(34-22-12-11-20(2)36(17-22)30(37)39-18-21-9-7-6-8-10-21)35-26(19)24-16-32-27-23(24)13-14-25(31-3)28(27)40(4,5)38;1-14-6-8-16(9-7-14)27-23-26-12-15(2)20(28-23)18-13-25-21-17(18)10-11-19(24-3)22(21)30(4,5)29/h6-10,13-16,20,22,32H,11-12,17-18H2,1-2,4-5H3,(H,33,34,35);10-14,16,25H,6-9H2,1-2,4-5H3,(H,26,27,28)/t20-,22-;/m0./s1. The molecule has 0 bridgehead atoms. The second-order valence-corrected chi connectivity index (χ2v) is 25.9. The van der Waals surface area contributed by atoms with Crippen LogP contribution in [0.25, 0.3) is 54.0 Å². The molecular weight excluding hydrogens is 917 g/mol. The Hall–Kier alpha value is -6.79. The molecule has 4 aromatic heterocycles. The van der Waals surface area contributed by atoms with E-state index in [1.54, 1.807) is 49.9 Å². The lowest BCUT2D eigenvalue weighted by Crippen LogP contribution is -2.50. The number of aromatic nitrogens is 6. The van der Waals surface area contributed by atoms with Gasteiger partial charge in [-0.1, -0.05) is 61.5 Å². The van der Waals surface area contributed by atoms with Gasteiger partial charge < -0.3 is 39.4 Å². The molecule has 7 aromatic rings. The van der Waals surface area contributed by atoms with Crippen molar-refractivity contribution < 1.29 is 18.7 Å². The summed E-state index contributed by atoms with van der Waals surface area (Å²) in [6, 6.07) is 17.4. The fourth-order valence-electron chi connectivity index (χ4n) is 9.63. The Morgan fingerprint density at radius 2 is 1.20 bits per heavy atom. The second kappa shape index (κ2) is 20.7. The van der Waals surface area contributed by atoms with Crippen LogP contribution in [0.15, 0.2) is 79.4 Å². The number of aryl methyl sites for hydroxylation is 2. The minimum absolute atomic E-state index is 0.0297. The highest BCUT2D eigenvalue weighted by atomic mass is 31.2. The van der Waals surface area contributed by atoms with Crippen LogP contribution in [0.4, 0.5) is 28.1 Å². The Balaban J connectivity index is 0.000000196. The summed E-state index contributed by atoms with van der Waals surface area (Å²) < 4.78 is 31.6. The number of carbonyl (C=O) groups excluding carboxylic acids is 1. The number of nitrogens with zero attached hydrogens (tertiary/aromatic N) is 7. The highest BCUT2D eigenvalue weighted by Crippen LogP contribution is 2.45. The van der Waals surface area contributed by atoms with E-state index in [1.807, 2.05) is 81.8 Å². The number of aromatic amines is 2. The average molecular weight is 978 g/mol. The van der Waals surface area contributed by atoms with Gasteiger partial charge in [0.05, 0.1) is 24.5 Å². The van der Waals surface area contributed by atoms with Gasteiger partial charge in [-0.15, -0.1) is 0 Å². The largest absolute Gasteiger partial charge is 0.445 e. The van der Waals surface area contributed by atoms with E-state index in [9.17, 15) is 13.9 Å². The summed E-state index contributed by atoms with van der Waals surface area (Å²) in [5.74, 6) is 1.92. The number of hydrogen-bond acceptors (Lipinski definition) is 10. The fraction of sp³-hybridized carbons (Fsp3) is 0.377. The van der Waals surface area contributed by atoms with Crippen LogP contribution < -0.4 is 21.2 Å². The number of nitrogens with one attached hydrogen (secondary N) is 4. The molecule has 0 spiro atoms. The van der Waals surface area contributed by atoms with Crippen LogP contribution in [-0.2, 0) is 20.5 Å². The fourth-order valence-corrected chi connectivity index (χ4v) is 12.4. The average Bonchev–Trinajstić information content (AvgIpc) is 3.97. The molecule has 17 heteroatoms. The molecule has 1 aliphatic carbocycles. The monoisotopic (exact) mass is 977 g/mol. The summed E-state index contributed by atoms with van der Waals surface area (Å²) in [5, 5.41) is 9.91. The molecule has 3 aromatic carbocycles. The molecule has 2 fully saturated rings. The van der Waals surface area contributed by atoms with Crippen LogP contribution in [0.2, 0.25) is 0 Å². The highest BCUT2D eigenvalue weighted by Gasteiger charge is 2.31. The summed E-state index contributed by atoms with van der Waals surface area (Å²) in [5.41, 5.74) is 8.52. The molecule has 1 saturated heterocycles. The molecule has 1 aliphatic heterocycles. The van der Waals surface area contributed by atoms with Crippen LogP contribution in [0.1, 0.15) is 69.1 Å². The summed E-state index contributed by atoms with van der Waals surface area (Å²) in [6.07, 6.45) is 13.5. The molecular formula is C53H61N11O4P2. The Kier molecular flexibility index (Phi) is 14.6. The van der Waals surface area contributed by atoms with Crippen molar-refractivity contribution in [2.75, 3.05) is 43.8 Å². The van der Waals surface area contributed by atoms with Crippen LogP contribution in [-0.4, -0.2) is 92.2 Å².